The summed E-state index contributed by atoms with van der Waals surface area (Å²) < 4.78 is 0. The number of nitrogens with two attached hydrogens (primary N) is 1. The van der Waals surface area contributed by atoms with Gasteiger partial charge in [-0.1, -0.05) is 30.3 Å². The fourth-order valence-corrected chi connectivity index (χ4v) is 3.98. The molecule has 0 spiro atoms. The second kappa shape index (κ2) is 8.84. The van der Waals surface area contributed by atoms with Gasteiger partial charge in [0, 0.05) is 25.0 Å². The average Bonchev–Trinajstić information content (AvgIpc) is 2.58. The lowest BCUT2D eigenvalue weighted by Gasteiger charge is -2.37. The van der Waals surface area contributed by atoms with Gasteiger partial charge in [0.25, 0.3) is 0 Å². The third-order valence-electron chi connectivity index (χ3n) is 5.50. The molecule has 3 N–H and O–H groups in total. The minimum Gasteiger partial charge on any atom is -0.392 e. The Labute approximate surface area is 150 Å². The summed E-state index contributed by atoms with van der Waals surface area (Å²) in [7, 11) is 0. The maximum Gasteiger partial charge on any atom is 0.225 e. The lowest BCUT2D eigenvalue weighted by Crippen LogP contribution is -2.47. The number of likely N-dealkylation sites (tertiary alicyclic amines) is 1. The number of benzene rings is 1. The van der Waals surface area contributed by atoms with Crippen molar-refractivity contribution in [3.8, 4) is 0 Å². The topological polar surface area (TPSA) is 66.6 Å². The molecule has 0 radical (unpaired) electrons. The van der Waals surface area contributed by atoms with E-state index in [0.717, 1.165) is 38.8 Å². The Bertz CT molecular complexity index is 517. The Morgan fingerprint density at radius 1 is 1.12 bits per heavy atom. The summed E-state index contributed by atoms with van der Waals surface area (Å²) in [4.78, 5) is 14.7. The lowest BCUT2D eigenvalue weighted by molar-refractivity contribution is -0.139. The van der Waals surface area contributed by atoms with Gasteiger partial charge in [0.2, 0.25) is 5.91 Å². The summed E-state index contributed by atoms with van der Waals surface area (Å²) in [5.41, 5.74) is 7.32. The van der Waals surface area contributed by atoms with Crippen molar-refractivity contribution in [3.05, 3.63) is 35.9 Å². The van der Waals surface area contributed by atoms with Crippen molar-refractivity contribution in [2.45, 2.75) is 50.7 Å². The Morgan fingerprint density at radius 3 is 2.42 bits per heavy atom. The Hall–Kier alpha value is -1.10. The summed E-state index contributed by atoms with van der Waals surface area (Å²) >= 11 is 0. The molecule has 1 aromatic carbocycles. The van der Waals surface area contributed by atoms with E-state index in [-0.39, 0.29) is 30.3 Å². The lowest BCUT2D eigenvalue weighted by atomic mass is 9.82. The number of carbonyl (C=O) groups is 1. The average molecular weight is 353 g/mol. The number of hydrogen-bond acceptors (Lipinski definition) is 3. The molecule has 3 rings (SSSR count). The van der Waals surface area contributed by atoms with E-state index in [4.69, 9.17) is 5.73 Å². The molecule has 0 unspecified atom stereocenters. The van der Waals surface area contributed by atoms with Gasteiger partial charge < -0.3 is 15.7 Å². The summed E-state index contributed by atoms with van der Waals surface area (Å²) in [5.74, 6) is 0.946. The van der Waals surface area contributed by atoms with Gasteiger partial charge in [-0.05, 0) is 50.0 Å². The van der Waals surface area contributed by atoms with Crippen molar-refractivity contribution in [3.63, 3.8) is 0 Å². The number of nitrogens with zero attached hydrogens (tertiary/aromatic N) is 1. The first-order valence-corrected chi connectivity index (χ1v) is 8.90. The monoisotopic (exact) mass is 352 g/mol. The first-order valence-electron chi connectivity index (χ1n) is 8.90. The van der Waals surface area contributed by atoms with Crippen molar-refractivity contribution in [2.24, 2.45) is 17.6 Å². The number of rotatable bonds is 3. The normalized spacial score (nSPS) is 28.2. The van der Waals surface area contributed by atoms with Crippen LogP contribution >= 0.6 is 12.4 Å². The summed E-state index contributed by atoms with van der Waals surface area (Å²) in [5, 5.41) is 9.71. The molecule has 2 fully saturated rings. The molecule has 1 aliphatic heterocycles. The molecule has 1 aliphatic carbocycles. The van der Waals surface area contributed by atoms with Gasteiger partial charge >= 0.3 is 0 Å². The summed E-state index contributed by atoms with van der Waals surface area (Å²) in [6.07, 6.45) is 4.91. The fraction of sp³-hybridized carbons (Fsp3) is 0.632. The standard InChI is InChI=1S/C19H28N2O2.ClH/c20-17-13-16(6-7-18(17)22)19(23)21-10-8-15(9-11-21)12-14-4-2-1-3-5-14;/h1-5,15-18,22H,6-13,20H2;1H/t16-,17+,18+;/m0./s1. The quantitative estimate of drug-likeness (QED) is 0.877. The highest BCUT2D eigenvalue weighted by atomic mass is 35.5. The minimum absolute atomic E-state index is 0. The maximum absolute atomic E-state index is 12.7. The van der Waals surface area contributed by atoms with Crippen LogP contribution in [0.3, 0.4) is 0 Å². The molecule has 1 saturated carbocycles. The van der Waals surface area contributed by atoms with Crippen molar-refractivity contribution in [1.29, 1.82) is 0 Å². The number of halogens is 1. The van der Waals surface area contributed by atoms with Crippen LogP contribution in [0.4, 0.5) is 0 Å². The Morgan fingerprint density at radius 2 is 1.79 bits per heavy atom. The predicted octanol–water partition coefficient (Wildman–Crippen LogP) is 2.38. The van der Waals surface area contributed by atoms with Crippen LogP contribution in [0.25, 0.3) is 0 Å². The summed E-state index contributed by atoms with van der Waals surface area (Å²) in [6.45, 7) is 1.73. The Kier molecular flexibility index (Phi) is 7.08. The zero-order chi connectivity index (χ0) is 16.2. The van der Waals surface area contributed by atoms with Gasteiger partial charge in [-0.3, -0.25) is 4.79 Å². The van der Waals surface area contributed by atoms with Gasteiger partial charge in [0.05, 0.1) is 6.10 Å². The van der Waals surface area contributed by atoms with Gasteiger partial charge in [0.15, 0.2) is 0 Å². The highest BCUT2D eigenvalue weighted by Crippen LogP contribution is 2.28. The van der Waals surface area contributed by atoms with Gasteiger partial charge in [-0.15, -0.1) is 12.4 Å². The maximum atomic E-state index is 12.7. The van der Waals surface area contributed by atoms with E-state index in [0.29, 0.717) is 18.8 Å². The predicted molar refractivity (Wildman–Crippen MR) is 98.0 cm³/mol. The largest absolute Gasteiger partial charge is 0.392 e. The van der Waals surface area contributed by atoms with Crippen LogP contribution in [-0.4, -0.2) is 41.1 Å². The third-order valence-corrected chi connectivity index (χ3v) is 5.50. The van der Waals surface area contributed by atoms with Crippen LogP contribution in [-0.2, 0) is 11.2 Å². The van der Waals surface area contributed by atoms with Gasteiger partial charge in [-0.2, -0.15) is 0 Å². The smallest absolute Gasteiger partial charge is 0.225 e. The molecule has 0 bridgehead atoms. The van der Waals surface area contributed by atoms with Gasteiger partial charge in [-0.25, -0.2) is 0 Å². The molecule has 134 valence electrons. The number of hydrogen-bond donors (Lipinski definition) is 2. The van der Waals surface area contributed by atoms with Crippen LogP contribution in [0.1, 0.15) is 37.7 Å². The van der Waals surface area contributed by atoms with Crippen molar-refractivity contribution in [1.82, 2.24) is 4.90 Å². The Balaban J connectivity index is 0.00000208. The van der Waals surface area contributed by atoms with Crippen LogP contribution in [0, 0.1) is 11.8 Å². The molecule has 1 heterocycles. The third kappa shape index (κ3) is 4.71. The molecule has 2 aliphatic rings. The van der Waals surface area contributed by atoms with Crippen molar-refractivity contribution < 1.29 is 9.90 Å². The first kappa shape index (κ1) is 19.2. The van der Waals surface area contributed by atoms with Crippen LogP contribution < -0.4 is 5.73 Å². The zero-order valence-electron chi connectivity index (χ0n) is 14.1. The fourth-order valence-electron chi connectivity index (χ4n) is 3.98. The molecule has 4 nitrogen and oxygen atoms in total. The molecule has 24 heavy (non-hydrogen) atoms. The SMILES string of the molecule is Cl.N[C@@H]1C[C@@H](C(=O)N2CCC(Cc3ccccc3)CC2)CC[C@H]1O. The zero-order valence-corrected chi connectivity index (χ0v) is 15.0. The number of piperidine rings is 1. The van der Waals surface area contributed by atoms with E-state index in [1.807, 2.05) is 4.90 Å². The molecule has 5 heteroatoms. The summed E-state index contributed by atoms with van der Waals surface area (Å²) in [6, 6.07) is 10.4. The van der Waals surface area contributed by atoms with E-state index in [1.54, 1.807) is 0 Å². The van der Waals surface area contributed by atoms with Crippen LogP contribution in [0.2, 0.25) is 0 Å². The van der Waals surface area contributed by atoms with E-state index in [2.05, 4.69) is 30.3 Å². The molecule has 1 amide bonds. The molecule has 1 aromatic rings. The van der Waals surface area contributed by atoms with Crippen LogP contribution in [0.5, 0.6) is 0 Å². The molecular formula is C19H29ClN2O2. The number of amides is 1. The van der Waals surface area contributed by atoms with Gasteiger partial charge in [0.1, 0.15) is 0 Å². The van der Waals surface area contributed by atoms with E-state index in [9.17, 15) is 9.90 Å². The second-order valence-electron chi connectivity index (χ2n) is 7.20. The number of aliphatic hydroxyl groups is 1. The highest BCUT2D eigenvalue weighted by Gasteiger charge is 2.34. The van der Waals surface area contributed by atoms with E-state index in [1.165, 1.54) is 5.56 Å². The number of carbonyl (C=O) groups excluding carboxylic acids is 1. The second-order valence-corrected chi connectivity index (χ2v) is 7.20. The van der Waals surface area contributed by atoms with E-state index < -0.39 is 6.10 Å². The van der Waals surface area contributed by atoms with E-state index >= 15 is 0 Å². The van der Waals surface area contributed by atoms with Crippen LogP contribution in [0.15, 0.2) is 30.3 Å². The molecular weight excluding hydrogens is 324 g/mol. The molecule has 0 aromatic heterocycles. The number of aliphatic hydroxyl groups excluding tert-OH is 1. The molecule has 3 atom stereocenters. The minimum atomic E-state index is -0.435. The van der Waals surface area contributed by atoms with Crippen molar-refractivity contribution in [2.75, 3.05) is 13.1 Å². The first-order chi connectivity index (χ1) is 11.1. The van der Waals surface area contributed by atoms with Crippen molar-refractivity contribution >= 4 is 18.3 Å². The molecule has 1 saturated heterocycles. The highest BCUT2D eigenvalue weighted by molar-refractivity contribution is 5.85.